The summed E-state index contributed by atoms with van der Waals surface area (Å²) in [5.41, 5.74) is -1.73. The first-order chi connectivity index (χ1) is 12.4. The van der Waals surface area contributed by atoms with Crippen LogP contribution in [0, 0.1) is 6.92 Å². The number of carbonyl (C=O) groups excluding carboxylic acids is 1. The molecule has 1 unspecified atom stereocenters. The van der Waals surface area contributed by atoms with Crippen LogP contribution >= 0.6 is 24.0 Å². The summed E-state index contributed by atoms with van der Waals surface area (Å²) in [5.74, 6) is 1.77. The molecule has 0 aliphatic rings. The van der Waals surface area contributed by atoms with Gasteiger partial charge in [0, 0.05) is 26.7 Å². The quantitative estimate of drug-likeness (QED) is 0.297. The van der Waals surface area contributed by atoms with E-state index in [1.165, 1.54) is 4.90 Å². The highest BCUT2D eigenvalue weighted by atomic mass is 127. The lowest BCUT2D eigenvalue weighted by Gasteiger charge is -2.25. The third-order valence-electron chi connectivity index (χ3n) is 3.61. The molecule has 1 amide bonds. The zero-order valence-corrected chi connectivity index (χ0v) is 20.3. The van der Waals surface area contributed by atoms with E-state index in [-0.39, 0.29) is 36.6 Å². The zero-order valence-electron chi connectivity index (χ0n) is 18.0. The van der Waals surface area contributed by atoms with Crippen molar-refractivity contribution in [1.29, 1.82) is 0 Å². The lowest BCUT2D eigenvalue weighted by atomic mass is 10.0. The Hall–Kier alpha value is -1.49. The number of rotatable bonds is 7. The molecule has 1 rings (SSSR count). The summed E-state index contributed by atoms with van der Waals surface area (Å²) in [5, 5.41) is 16.8. The van der Waals surface area contributed by atoms with E-state index in [0.717, 1.165) is 5.76 Å². The number of ether oxygens (including phenoxy) is 1. The number of halogens is 1. The molecule has 1 heterocycles. The summed E-state index contributed by atoms with van der Waals surface area (Å²) in [6.45, 7) is 12.7. The minimum absolute atomic E-state index is 0. The second kappa shape index (κ2) is 11.5. The van der Waals surface area contributed by atoms with E-state index in [4.69, 9.17) is 9.15 Å². The van der Waals surface area contributed by atoms with E-state index >= 15 is 0 Å². The van der Waals surface area contributed by atoms with Crippen LogP contribution in [0.15, 0.2) is 21.5 Å². The van der Waals surface area contributed by atoms with Gasteiger partial charge in [-0.25, -0.2) is 9.79 Å². The average Bonchev–Trinajstić information content (AvgIpc) is 2.98. The summed E-state index contributed by atoms with van der Waals surface area (Å²) < 4.78 is 10.8. The van der Waals surface area contributed by atoms with Crippen LogP contribution in [0.4, 0.5) is 4.79 Å². The molecule has 0 fully saturated rings. The largest absolute Gasteiger partial charge is 0.463 e. The first-order valence-electron chi connectivity index (χ1n) is 9.20. The molecule has 0 bridgehead atoms. The number of aliphatic imine (C=N–C) groups is 1. The smallest absolute Gasteiger partial charge is 0.410 e. The van der Waals surface area contributed by atoms with Crippen LogP contribution in [0.5, 0.6) is 0 Å². The van der Waals surface area contributed by atoms with Crippen LogP contribution < -0.4 is 10.6 Å². The third kappa shape index (κ3) is 9.63. The fraction of sp³-hybridized carbons (Fsp3) is 0.684. The molecule has 0 radical (unpaired) electrons. The Morgan fingerprint density at radius 1 is 1.29 bits per heavy atom. The van der Waals surface area contributed by atoms with Crippen molar-refractivity contribution in [1.82, 2.24) is 15.5 Å². The number of hydrogen-bond acceptors (Lipinski definition) is 5. The molecule has 0 spiro atoms. The number of nitrogens with one attached hydrogen (secondary N) is 2. The average molecular weight is 510 g/mol. The highest BCUT2D eigenvalue weighted by Crippen LogP contribution is 2.23. The number of aryl methyl sites for hydroxylation is 1. The molecule has 9 heteroatoms. The van der Waals surface area contributed by atoms with Crippen molar-refractivity contribution in [2.24, 2.45) is 4.99 Å². The molecule has 0 aliphatic carbocycles. The minimum Gasteiger partial charge on any atom is -0.463 e. The van der Waals surface area contributed by atoms with E-state index in [0.29, 0.717) is 31.4 Å². The molecular weight excluding hydrogens is 475 g/mol. The molecule has 162 valence electrons. The Morgan fingerprint density at radius 3 is 2.43 bits per heavy atom. The van der Waals surface area contributed by atoms with Crippen LogP contribution in [-0.2, 0) is 10.3 Å². The molecule has 1 atom stereocenters. The second-order valence-electron chi connectivity index (χ2n) is 7.71. The molecule has 28 heavy (non-hydrogen) atoms. The second-order valence-corrected chi connectivity index (χ2v) is 7.71. The van der Waals surface area contributed by atoms with Crippen LogP contribution in [0.2, 0.25) is 0 Å². The highest BCUT2D eigenvalue weighted by molar-refractivity contribution is 14.0. The fourth-order valence-electron chi connectivity index (χ4n) is 2.15. The number of carbonyl (C=O) groups is 1. The molecule has 8 nitrogen and oxygen atoms in total. The van der Waals surface area contributed by atoms with Crippen molar-refractivity contribution in [3.05, 3.63) is 23.7 Å². The van der Waals surface area contributed by atoms with Gasteiger partial charge >= 0.3 is 6.09 Å². The minimum atomic E-state index is -1.20. The predicted octanol–water partition coefficient (Wildman–Crippen LogP) is 2.84. The van der Waals surface area contributed by atoms with Gasteiger partial charge in [0.15, 0.2) is 5.96 Å². The van der Waals surface area contributed by atoms with Crippen molar-refractivity contribution in [3.63, 3.8) is 0 Å². The molecule has 0 saturated carbocycles. The van der Waals surface area contributed by atoms with Crippen LogP contribution in [0.3, 0.4) is 0 Å². The zero-order chi connectivity index (χ0) is 20.7. The number of amides is 1. The molecule has 0 saturated heterocycles. The van der Waals surface area contributed by atoms with Gasteiger partial charge in [-0.05, 0) is 53.7 Å². The van der Waals surface area contributed by atoms with E-state index in [2.05, 4.69) is 15.6 Å². The molecule has 1 aromatic rings. The Morgan fingerprint density at radius 2 is 1.93 bits per heavy atom. The summed E-state index contributed by atoms with van der Waals surface area (Å²) in [6, 6.07) is 3.56. The van der Waals surface area contributed by atoms with Crippen molar-refractivity contribution in [2.45, 2.75) is 52.7 Å². The van der Waals surface area contributed by atoms with E-state index < -0.39 is 11.2 Å². The van der Waals surface area contributed by atoms with E-state index in [9.17, 15) is 9.90 Å². The maximum Gasteiger partial charge on any atom is 0.410 e. The molecule has 0 aliphatic heterocycles. The highest BCUT2D eigenvalue weighted by Gasteiger charge is 2.26. The van der Waals surface area contributed by atoms with Gasteiger partial charge in [-0.2, -0.15) is 0 Å². The molecular formula is C19H35IN4O4. The summed E-state index contributed by atoms with van der Waals surface area (Å²) >= 11 is 0. The van der Waals surface area contributed by atoms with Gasteiger partial charge < -0.3 is 29.8 Å². The van der Waals surface area contributed by atoms with E-state index in [1.807, 2.05) is 40.7 Å². The lowest BCUT2D eigenvalue weighted by Crippen LogP contribution is -2.43. The summed E-state index contributed by atoms with van der Waals surface area (Å²) in [6.07, 6.45) is -0.373. The Bertz CT molecular complexity index is 638. The SMILES string of the molecule is CCNC(=NCC(C)(O)c1ccc(C)o1)NCCN(C)C(=O)OC(C)(C)C.I. The van der Waals surface area contributed by atoms with Crippen molar-refractivity contribution < 1.29 is 19.1 Å². The monoisotopic (exact) mass is 510 g/mol. The Kier molecular flexibility index (Phi) is 10.9. The number of furan rings is 1. The number of nitrogens with zero attached hydrogens (tertiary/aromatic N) is 2. The number of hydrogen-bond donors (Lipinski definition) is 3. The lowest BCUT2D eigenvalue weighted by molar-refractivity contribution is 0.0302. The van der Waals surface area contributed by atoms with Gasteiger partial charge in [0.1, 0.15) is 22.7 Å². The van der Waals surface area contributed by atoms with Crippen molar-refractivity contribution >= 4 is 36.0 Å². The third-order valence-corrected chi connectivity index (χ3v) is 3.61. The normalized spacial score (nSPS) is 13.9. The summed E-state index contributed by atoms with van der Waals surface area (Å²) in [7, 11) is 1.68. The fourth-order valence-corrected chi connectivity index (χ4v) is 2.15. The van der Waals surface area contributed by atoms with Gasteiger partial charge in [0.05, 0.1) is 6.54 Å². The van der Waals surface area contributed by atoms with Gasteiger partial charge in [0.2, 0.25) is 0 Å². The maximum absolute atomic E-state index is 12.0. The predicted molar refractivity (Wildman–Crippen MR) is 121 cm³/mol. The topological polar surface area (TPSA) is 99.3 Å². The Balaban J connectivity index is 0.00000729. The van der Waals surface area contributed by atoms with Gasteiger partial charge in [0.25, 0.3) is 0 Å². The maximum atomic E-state index is 12.0. The van der Waals surface area contributed by atoms with Crippen LogP contribution in [0.1, 0.15) is 46.1 Å². The number of guanidine groups is 1. The van der Waals surface area contributed by atoms with E-state index in [1.54, 1.807) is 20.0 Å². The Labute approximate surface area is 185 Å². The number of aliphatic hydroxyl groups is 1. The van der Waals surface area contributed by atoms with Crippen molar-refractivity contribution in [2.75, 3.05) is 33.2 Å². The van der Waals surface area contributed by atoms with Gasteiger partial charge in [-0.3, -0.25) is 0 Å². The number of likely N-dealkylation sites (N-methyl/N-ethyl adjacent to an activating group) is 1. The molecule has 3 N–H and O–H groups in total. The standard InChI is InChI=1S/C19H34N4O4.HI/c1-8-20-16(21-11-12-23(7)17(24)27-18(3,4)5)22-13-19(6,25)15-10-9-14(2)26-15;/h9-10,25H,8,11-13H2,1-7H3,(H2,20,21,22);1H. The van der Waals surface area contributed by atoms with Crippen molar-refractivity contribution in [3.8, 4) is 0 Å². The van der Waals surface area contributed by atoms with Gasteiger partial charge in [-0.15, -0.1) is 24.0 Å². The van der Waals surface area contributed by atoms with Crippen LogP contribution in [0.25, 0.3) is 0 Å². The summed E-state index contributed by atoms with van der Waals surface area (Å²) in [4.78, 5) is 17.9. The van der Waals surface area contributed by atoms with Crippen LogP contribution in [-0.4, -0.2) is 60.9 Å². The molecule has 1 aromatic heterocycles. The first kappa shape index (κ1) is 26.5. The molecule has 0 aromatic carbocycles. The first-order valence-corrected chi connectivity index (χ1v) is 9.20. The van der Waals surface area contributed by atoms with Gasteiger partial charge in [-0.1, -0.05) is 0 Å².